The SMILES string of the molecule is CCC(C)C(CC)(c1ccc(N)cc1)c1ccc(N)cc1. The predicted molar refractivity (Wildman–Crippen MR) is 92.2 cm³/mol. The van der Waals surface area contributed by atoms with E-state index in [2.05, 4.69) is 45.0 Å². The van der Waals surface area contributed by atoms with E-state index in [9.17, 15) is 0 Å². The van der Waals surface area contributed by atoms with E-state index in [1.807, 2.05) is 24.3 Å². The second-order valence-electron chi connectivity index (χ2n) is 5.88. The fourth-order valence-corrected chi connectivity index (χ4v) is 3.40. The smallest absolute Gasteiger partial charge is 0.0314 e. The highest BCUT2D eigenvalue weighted by molar-refractivity contribution is 5.49. The van der Waals surface area contributed by atoms with Crippen LogP contribution in [0, 0.1) is 5.92 Å². The molecule has 0 radical (unpaired) electrons. The van der Waals surface area contributed by atoms with Gasteiger partial charge in [0.1, 0.15) is 0 Å². The van der Waals surface area contributed by atoms with Crippen LogP contribution in [0.25, 0.3) is 0 Å². The summed E-state index contributed by atoms with van der Waals surface area (Å²) in [6.45, 7) is 6.85. The lowest BCUT2D eigenvalue weighted by Crippen LogP contribution is -2.34. The molecule has 2 aromatic carbocycles. The zero-order valence-electron chi connectivity index (χ0n) is 13.3. The molecule has 2 aromatic rings. The number of hydrogen-bond acceptors (Lipinski definition) is 2. The minimum Gasteiger partial charge on any atom is -0.399 e. The quantitative estimate of drug-likeness (QED) is 0.788. The van der Waals surface area contributed by atoms with Crippen molar-refractivity contribution in [1.29, 1.82) is 0 Å². The Bertz CT molecular complexity index is 524. The Morgan fingerprint density at radius 3 is 1.48 bits per heavy atom. The molecular formula is C19H26N2. The molecule has 0 saturated carbocycles. The van der Waals surface area contributed by atoms with Crippen molar-refractivity contribution in [3.05, 3.63) is 59.7 Å². The highest BCUT2D eigenvalue weighted by Gasteiger charge is 2.37. The van der Waals surface area contributed by atoms with Crippen molar-refractivity contribution in [3.63, 3.8) is 0 Å². The van der Waals surface area contributed by atoms with E-state index < -0.39 is 0 Å². The van der Waals surface area contributed by atoms with Gasteiger partial charge in [-0.25, -0.2) is 0 Å². The van der Waals surface area contributed by atoms with Gasteiger partial charge in [0.25, 0.3) is 0 Å². The molecule has 0 spiro atoms. The fraction of sp³-hybridized carbons (Fsp3) is 0.368. The Morgan fingerprint density at radius 2 is 1.19 bits per heavy atom. The van der Waals surface area contributed by atoms with E-state index in [0.29, 0.717) is 5.92 Å². The normalized spacial score (nSPS) is 13.1. The molecule has 0 aromatic heterocycles. The Balaban J connectivity index is 2.62. The zero-order chi connectivity index (χ0) is 15.5. The first kappa shape index (κ1) is 15.4. The lowest BCUT2D eigenvalue weighted by Gasteiger charge is -2.40. The highest BCUT2D eigenvalue weighted by Crippen LogP contribution is 2.44. The lowest BCUT2D eigenvalue weighted by molar-refractivity contribution is 0.324. The van der Waals surface area contributed by atoms with Crippen LogP contribution in [-0.2, 0) is 5.41 Å². The minimum atomic E-state index is 0.0101. The van der Waals surface area contributed by atoms with Crippen molar-refractivity contribution >= 4 is 11.4 Å². The molecule has 2 heteroatoms. The largest absolute Gasteiger partial charge is 0.399 e. The van der Waals surface area contributed by atoms with Crippen LogP contribution >= 0.6 is 0 Å². The number of anilines is 2. The van der Waals surface area contributed by atoms with Gasteiger partial charge in [-0.15, -0.1) is 0 Å². The zero-order valence-corrected chi connectivity index (χ0v) is 13.3. The molecule has 1 atom stereocenters. The number of nitrogens with two attached hydrogens (primary N) is 2. The van der Waals surface area contributed by atoms with E-state index in [1.165, 1.54) is 11.1 Å². The van der Waals surface area contributed by atoms with Gasteiger partial charge in [0, 0.05) is 16.8 Å². The van der Waals surface area contributed by atoms with E-state index in [4.69, 9.17) is 11.5 Å². The number of benzene rings is 2. The first-order chi connectivity index (χ1) is 10.0. The summed E-state index contributed by atoms with van der Waals surface area (Å²) in [5.41, 5.74) is 16.0. The molecule has 0 bridgehead atoms. The second-order valence-corrected chi connectivity index (χ2v) is 5.88. The Hall–Kier alpha value is -1.96. The van der Waals surface area contributed by atoms with Crippen molar-refractivity contribution in [2.75, 3.05) is 11.5 Å². The van der Waals surface area contributed by atoms with Crippen molar-refractivity contribution in [2.45, 2.75) is 39.0 Å². The third-order valence-corrected chi connectivity index (χ3v) is 4.86. The van der Waals surface area contributed by atoms with E-state index >= 15 is 0 Å². The standard InChI is InChI=1S/C19H26N2/c1-4-14(3)19(5-2,15-6-10-17(20)11-7-15)16-8-12-18(21)13-9-16/h6-14H,4-5,20-21H2,1-3H3. The number of rotatable bonds is 5. The van der Waals surface area contributed by atoms with Crippen molar-refractivity contribution < 1.29 is 0 Å². The van der Waals surface area contributed by atoms with Gasteiger partial charge in [-0.05, 0) is 47.7 Å². The molecule has 2 nitrogen and oxygen atoms in total. The summed E-state index contributed by atoms with van der Waals surface area (Å²) in [4.78, 5) is 0. The molecule has 112 valence electrons. The average Bonchev–Trinajstić information content (AvgIpc) is 2.51. The molecule has 1 unspecified atom stereocenters. The maximum atomic E-state index is 5.86. The Kier molecular flexibility index (Phi) is 4.56. The fourth-order valence-electron chi connectivity index (χ4n) is 3.40. The van der Waals surface area contributed by atoms with Crippen LogP contribution in [0.2, 0.25) is 0 Å². The summed E-state index contributed by atoms with van der Waals surface area (Å²) in [5.74, 6) is 0.537. The van der Waals surface area contributed by atoms with Crippen molar-refractivity contribution in [1.82, 2.24) is 0 Å². The summed E-state index contributed by atoms with van der Waals surface area (Å²) in [5, 5.41) is 0. The van der Waals surface area contributed by atoms with Crippen LogP contribution in [0.3, 0.4) is 0 Å². The minimum absolute atomic E-state index is 0.0101. The molecule has 4 N–H and O–H groups in total. The first-order valence-corrected chi connectivity index (χ1v) is 7.76. The van der Waals surface area contributed by atoms with E-state index in [0.717, 1.165) is 24.2 Å². The summed E-state index contributed by atoms with van der Waals surface area (Å²) >= 11 is 0. The first-order valence-electron chi connectivity index (χ1n) is 7.76. The molecule has 21 heavy (non-hydrogen) atoms. The van der Waals surface area contributed by atoms with Crippen LogP contribution in [0.4, 0.5) is 11.4 Å². The number of nitrogen functional groups attached to an aromatic ring is 2. The second kappa shape index (κ2) is 6.21. The summed E-state index contributed by atoms with van der Waals surface area (Å²) < 4.78 is 0. The molecule has 0 amide bonds. The lowest BCUT2D eigenvalue weighted by atomic mass is 9.64. The molecule has 0 heterocycles. The van der Waals surface area contributed by atoms with Crippen molar-refractivity contribution in [2.24, 2.45) is 5.92 Å². The number of hydrogen-bond donors (Lipinski definition) is 2. The van der Waals surface area contributed by atoms with Crippen molar-refractivity contribution in [3.8, 4) is 0 Å². The van der Waals surface area contributed by atoms with Crippen LogP contribution < -0.4 is 11.5 Å². The monoisotopic (exact) mass is 282 g/mol. The molecule has 0 saturated heterocycles. The summed E-state index contributed by atoms with van der Waals surface area (Å²) in [6.07, 6.45) is 2.18. The van der Waals surface area contributed by atoms with Crippen LogP contribution in [0.1, 0.15) is 44.7 Å². The van der Waals surface area contributed by atoms with Gasteiger partial charge in [0.15, 0.2) is 0 Å². The molecule has 2 rings (SSSR count). The van der Waals surface area contributed by atoms with E-state index in [-0.39, 0.29) is 5.41 Å². The third kappa shape index (κ3) is 2.76. The predicted octanol–water partition coefficient (Wildman–Crippen LogP) is 4.59. The Labute approximate surface area is 128 Å². The topological polar surface area (TPSA) is 52.0 Å². The van der Waals surface area contributed by atoms with Crippen LogP contribution in [0.5, 0.6) is 0 Å². The molecule has 0 aliphatic rings. The Morgan fingerprint density at radius 1 is 0.810 bits per heavy atom. The van der Waals surface area contributed by atoms with Gasteiger partial charge in [-0.3, -0.25) is 0 Å². The van der Waals surface area contributed by atoms with Gasteiger partial charge < -0.3 is 11.5 Å². The van der Waals surface area contributed by atoms with Gasteiger partial charge >= 0.3 is 0 Å². The van der Waals surface area contributed by atoms with Gasteiger partial charge in [-0.1, -0.05) is 51.5 Å². The van der Waals surface area contributed by atoms with Crippen LogP contribution in [0.15, 0.2) is 48.5 Å². The summed E-state index contributed by atoms with van der Waals surface area (Å²) in [6, 6.07) is 16.7. The van der Waals surface area contributed by atoms with Gasteiger partial charge in [0.05, 0.1) is 0 Å². The molecule has 0 aliphatic heterocycles. The molecular weight excluding hydrogens is 256 g/mol. The summed E-state index contributed by atoms with van der Waals surface area (Å²) in [7, 11) is 0. The molecule has 0 aliphatic carbocycles. The van der Waals surface area contributed by atoms with E-state index in [1.54, 1.807) is 0 Å². The molecule has 0 fully saturated rings. The third-order valence-electron chi connectivity index (χ3n) is 4.86. The maximum absolute atomic E-state index is 5.86. The maximum Gasteiger partial charge on any atom is 0.0314 e. The van der Waals surface area contributed by atoms with Crippen LogP contribution in [-0.4, -0.2) is 0 Å². The van der Waals surface area contributed by atoms with Gasteiger partial charge in [-0.2, -0.15) is 0 Å². The highest BCUT2D eigenvalue weighted by atomic mass is 14.5. The van der Waals surface area contributed by atoms with Gasteiger partial charge in [0.2, 0.25) is 0 Å². The average molecular weight is 282 g/mol.